The molecular weight excluding hydrogens is 168 g/mol. The summed E-state index contributed by atoms with van der Waals surface area (Å²) >= 11 is 0. The van der Waals surface area contributed by atoms with Crippen LogP contribution in [0, 0.1) is 11.3 Å². The third kappa shape index (κ3) is 3.78. The number of hydrazone groups is 1. The Morgan fingerprint density at radius 3 is 2.23 bits per heavy atom. The highest BCUT2D eigenvalue weighted by molar-refractivity contribution is 5.97. The Labute approximate surface area is 78.6 Å². The summed E-state index contributed by atoms with van der Waals surface area (Å²) in [7, 11) is 0. The van der Waals surface area contributed by atoms with E-state index in [-0.39, 0.29) is 23.2 Å². The summed E-state index contributed by atoms with van der Waals surface area (Å²) in [5.74, 6) is 4.51. The van der Waals surface area contributed by atoms with E-state index in [1.807, 2.05) is 27.7 Å². The lowest BCUT2D eigenvalue weighted by Gasteiger charge is -2.25. The van der Waals surface area contributed by atoms with Crippen LogP contribution in [-0.4, -0.2) is 11.9 Å². The number of amides is 1. The minimum atomic E-state index is -0.167. The van der Waals surface area contributed by atoms with E-state index >= 15 is 0 Å². The lowest BCUT2D eigenvalue weighted by molar-refractivity contribution is -0.126. The van der Waals surface area contributed by atoms with Crippen molar-refractivity contribution >= 4 is 11.9 Å². The fourth-order valence-corrected chi connectivity index (χ4v) is 0.660. The second kappa shape index (κ2) is 4.11. The molecule has 0 aliphatic carbocycles. The van der Waals surface area contributed by atoms with Gasteiger partial charge in [0.05, 0.1) is 0 Å². The average molecular weight is 186 g/mol. The zero-order valence-corrected chi connectivity index (χ0v) is 8.59. The molecule has 0 saturated heterocycles. The largest absolute Gasteiger partial charge is 0.368 e. The first-order chi connectivity index (χ1) is 5.79. The standard InChI is InChI=1S/C8H18N4O/c1-5(8(2,3)4)6(13)11-7(9)12-10/h5H,10H2,1-4H3,(H3,9,11,12,13). The number of nitrogens with zero attached hydrogens (tertiary/aromatic N) is 1. The van der Waals surface area contributed by atoms with Crippen LogP contribution in [0.5, 0.6) is 0 Å². The van der Waals surface area contributed by atoms with Crippen molar-refractivity contribution in [2.24, 2.45) is 28.0 Å². The molecule has 5 heteroatoms. The second-order valence-corrected chi connectivity index (χ2v) is 4.09. The Bertz CT molecular complexity index is 217. The average Bonchev–Trinajstić information content (AvgIpc) is 2.01. The van der Waals surface area contributed by atoms with Crippen LogP contribution in [0.2, 0.25) is 0 Å². The van der Waals surface area contributed by atoms with Crippen LogP contribution in [0.4, 0.5) is 0 Å². The van der Waals surface area contributed by atoms with E-state index in [0.29, 0.717) is 0 Å². The summed E-state index contributed by atoms with van der Waals surface area (Å²) in [5, 5.41) is 5.56. The van der Waals surface area contributed by atoms with Crippen molar-refractivity contribution in [1.82, 2.24) is 5.32 Å². The van der Waals surface area contributed by atoms with Gasteiger partial charge in [-0.2, -0.15) is 0 Å². The van der Waals surface area contributed by atoms with E-state index < -0.39 is 0 Å². The number of nitrogens with one attached hydrogen (secondary N) is 1. The van der Waals surface area contributed by atoms with Crippen LogP contribution in [0.15, 0.2) is 5.10 Å². The Balaban J connectivity index is 4.29. The maximum absolute atomic E-state index is 11.4. The molecule has 5 nitrogen and oxygen atoms in total. The predicted molar refractivity (Wildman–Crippen MR) is 52.6 cm³/mol. The molecule has 1 unspecified atom stereocenters. The zero-order chi connectivity index (χ0) is 10.6. The van der Waals surface area contributed by atoms with Crippen molar-refractivity contribution in [2.75, 3.05) is 0 Å². The molecule has 1 amide bonds. The van der Waals surface area contributed by atoms with Crippen molar-refractivity contribution in [2.45, 2.75) is 27.7 Å². The molecule has 0 spiro atoms. The Morgan fingerprint density at radius 2 is 1.92 bits per heavy atom. The number of hydrogen-bond donors (Lipinski definition) is 3. The van der Waals surface area contributed by atoms with Crippen molar-refractivity contribution in [3.05, 3.63) is 0 Å². The smallest absolute Gasteiger partial charge is 0.230 e. The molecule has 5 N–H and O–H groups in total. The van der Waals surface area contributed by atoms with Gasteiger partial charge in [-0.1, -0.05) is 27.7 Å². The van der Waals surface area contributed by atoms with Gasteiger partial charge >= 0.3 is 0 Å². The molecule has 0 saturated carbocycles. The number of hydrogen-bond acceptors (Lipinski definition) is 3. The Kier molecular flexibility index (Phi) is 3.71. The van der Waals surface area contributed by atoms with E-state index in [4.69, 9.17) is 11.6 Å². The van der Waals surface area contributed by atoms with Crippen LogP contribution in [0.25, 0.3) is 0 Å². The van der Waals surface area contributed by atoms with Crippen LogP contribution >= 0.6 is 0 Å². The maximum Gasteiger partial charge on any atom is 0.230 e. The quantitative estimate of drug-likeness (QED) is 0.232. The lowest BCUT2D eigenvalue weighted by atomic mass is 9.81. The summed E-state index contributed by atoms with van der Waals surface area (Å²) in [6.07, 6.45) is 0. The first kappa shape index (κ1) is 11.7. The van der Waals surface area contributed by atoms with E-state index in [9.17, 15) is 4.79 Å². The van der Waals surface area contributed by atoms with Crippen LogP contribution in [-0.2, 0) is 4.79 Å². The summed E-state index contributed by atoms with van der Waals surface area (Å²) < 4.78 is 0. The number of guanidine groups is 1. The van der Waals surface area contributed by atoms with Gasteiger partial charge in [-0.25, -0.2) is 0 Å². The molecule has 0 rings (SSSR count). The maximum atomic E-state index is 11.4. The SMILES string of the molecule is CC(C(=O)N/C(N)=N/N)C(C)(C)C. The highest BCUT2D eigenvalue weighted by Crippen LogP contribution is 2.24. The molecule has 1 atom stereocenters. The summed E-state index contributed by atoms with van der Waals surface area (Å²) in [5.41, 5.74) is 5.15. The number of carbonyl (C=O) groups is 1. The van der Waals surface area contributed by atoms with Gasteiger partial charge in [-0.3, -0.25) is 10.1 Å². The number of nitrogens with two attached hydrogens (primary N) is 2. The molecule has 0 heterocycles. The third-order valence-electron chi connectivity index (χ3n) is 2.08. The van der Waals surface area contributed by atoms with Crippen molar-refractivity contribution in [3.8, 4) is 0 Å². The molecule has 0 aliphatic heterocycles. The molecule has 0 radical (unpaired) electrons. The molecule has 0 bridgehead atoms. The van der Waals surface area contributed by atoms with E-state index in [2.05, 4.69) is 10.4 Å². The van der Waals surface area contributed by atoms with Crippen LogP contribution < -0.4 is 16.9 Å². The molecule has 0 aliphatic rings. The lowest BCUT2D eigenvalue weighted by Crippen LogP contribution is -2.43. The summed E-state index contributed by atoms with van der Waals surface area (Å²) in [6.45, 7) is 7.77. The highest BCUT2D eigenvalue weighted by Gasteiger charge is 2.26. The van der Waals surface area contributed by atoms with Crippen molar-refractivity contribution in [3.63, 3.8) is 0 Å². The van der Waals surface area contributed by atoms with Gasteiger partial charge in [-0.15, -0.1) is 5.10 Å². The van der Waals surface area contributed by atoms with E-state index in [1.54, 1.807) is 0 Å². The number of carbonyl (C=O) groups excluding carboxylic acids is 1. The predicted octanol–water partition coefficient (Wildman–Crippen LogP) is -0.0268. The fourth-order valence-electron chi connectivity index (χ4n) is 0.660. The minimum absolute atomic E-state index is 0.0545. The fraction of sp³-hybridized carbons (Fsp3) is 0.750. The van der Waals surface area contributed by atoms with Gasteiger partial charge in [0.25, 0.3) is 0 Å². The zero-order valence-electron chi connectivity index (χ0n) is 8.59. The van der Waals surface area contributed by atoms with Gasteiger partial charge in [0.2, 0.25) is 11.9 Å². The van der Waals surface area contributed by atoms with Crippen LogP contribution in [0.3, 0.4) is 0 Å². The van der Waals surface area contributed by atoms with E-state index in [1.165, 1.54) is 0 Å². The van der Waals surface area contributed by atoms with Crippen molar-refractivity contribution in [1.29, 1.82) is 0 Å². The van der Waals surface area contributed by atoms with Crippen molar-refractivity contribution < 1.29 is 4.79 Å². The van der Waals surface area contributed by atoms with E-state index in [0.717, 1.165) is 0 Å². The monoisotopic (exact) mass is 186 g/mol. The van der Waals surface area contributed by atoms with Gasteiger partial charge in [-0.05, 0) is 5.41 Å². The normalized spacial score (nSPS) is 15.2. The molecule has 0 aromatic carbocycles. The Hall–Kier alpha value is -1.26. The molecule has 0 aromatic heterocycles. The molecular formula is C8H18N4O. The summed E-state index contributed by atoms with van der Waals surface area (Å²) in [4.78, 5) is 11.4. The topological polar surface area (TPSA) is 93.5 Å². The highest BCUT2D eigenvalue weighted by atomic mass is 16.2. The van der Waals surface area contributed by atoms with Crippen LogP contribution in [0.1, 0.15) is 27.7 Å². The summed E-state index contributed by atoms with van der Waals surface area (Å²) in [6, 6.07) is 0. The third-order valence-corrected chi connectivity index (χ3v) is 2.08. The second-order valence-electron chi connectivity index (χ2n) is 4.09. The van der Waals surface area contributed by atoms with Gasteiger partial charge in [0.1, 0.15) is 0 Å². The number of rotatable bonds is 1. The molecule has 0 aromatic rings. The minimum Gasteiger partial charge on any atom is -0.368 e. The van der Waals surface area contributed by atoms with Gasteiger partial charge < -0.3 is 11.6 Å². The first-order valence-electron chi connectivity index (χ1n) is 4.13. The van der Waals surface area contributed by atoms with Gasteiger partial charge in [0.15, 0.2) is 0 Å². The molecule has 76 valence electrons. The molecule has 0 fully saturated rings. The first-order valence-corrected chi connectivity index (χ1v) is 4.13. The molecule has 13 heavy (non-hydrogen) atoms. The Morgan fingerprint density at radius 1 is 1.46 bits per heavy atom. The van der Waals surface area contributed by atoms with Gasteiger partial charge in [0, 0.05) is 5.92 Å².